The minimum absolute atomic E-state index is 0.345. The molecule has 2 nitrogen and oxygen atoms in total. The quantitative estimate of drug-likeness (QED) is 0.665. The van der Waals surface area contributed by atoms with Gasteiger partial charge in [0.2, 0.25) is 0 Å². The second kappa shape index (κ2) is 6.31. The molecule has 0 aliphatic carbocycles. The van der Waals surface area contributed by atoms with Gasteiger partial charge in [0.05, 0.1) is 13.7 Å². The van der Waals surface area contributed by atoms with Gasteiger partial charge in [0.15, 0.2) is 0 Å². The normalized spacial score (nSPS) is 30.8. The Bertz CT molecular complexity index is 240. The molecule has 0 aromatic heterocycles. The number of hydrogen-bond acceptors (Lipinski definition) is 1. The van der Waals surface area contributed by atoms with Crippen molar-refractivity contribution in [1.82, 2.24) is 4.90 Å². The Balaban J connectivity index is 2.78. The summed E-state index contributed by atoms with van der Waals surface area (Å²) in [7, 11) is 10.3. The molecule has 3 heteroatoms. The molecule has 1 saturated heterocycles. The monoisotopic (exact) mass is 220 g/mol. The number of amidine groups is 1. The van der Waals surface area contributed by atoms with Gasteiger partial charge in [-0.1, -0.05) is 32.5 Å². The Morgan fingerprint density at radius 2 is 2.19 bits per heavy atom. The van der Waals surface area contributed by atoms with Crippen LogP contribution < -0.4 is 0 Å². The van der Waals surface area contributed by atoms with Crippen LogP contribution in [0.1, 0.15) is 46.0 Å². The molecular weight excluding hydrogens is 195 g/mol. The molecule has 0 aromatic rings. The van der Waals surface area contributed by atoms with Gasteiger partial charge in [-0.2, -0.15) is 0 Å². The first-order valence-corrected chi connectivity index (χ1v) is 6.59. The summed E-state index contributed by atoms with van der Waals surface area (Å²) in [5.74, 6) is 2.23. The first-order chi connectivity index (χ1) is 7.65. The van der Waals surface area contributed by atoms with Gasteiger partial charge in [0, 0.05) is 26.6 Å². The van der Waals surface area contributed by atoms with E-state index in [0.717, 1.165) is 12.8 Å². The van der Waals surface area contributed by atoms with Gasteiger partial charge < -0.3 is 4.90 Å². The van der Waals surface area contributed by atoms with Crippen molar-refractivity contribution in [2.45, 2.75) is 57.8 Å². The van der Waals surface area contributed by atoms with E-state index in [9.17, 15) is 0 Å². The summed E-state index contributed by atoms with van der Waals surface area (Å²) in [6, 6.07) is 0.590. The van der Waals surface area contributed by atoms with E-state index in [1.165, 1.54) is 25.1 Å². The molecule has 1 aliphatic heterocycles. The van der Waals surface area contributed by atoms with Crippen LogP contribution in [0.3, 0.4) is 0 Å². The molecule has 0 saturated carbocycles. The largest absolute Gasteiger partial charge is 0.360 e. The number of rotatable bonds is 4. The summed E-state index contributed by atoms with van der Waals surface area (Å²) in [4.78, 5) is 6.75. The zero-order chi connectivity index (χ0) is 12.1. The van der Waals surface area contributed by atoms with Crippen LogP contribution in [-0.2, 0) is 0 Å². The van der Waals surface area contributed by atoms with Crippen LogP contribution in [-0.4, -0.2) is 38.7 Å². The van der Waals surface area contributed by atoms with Crippen LogP contribution in [0.25, 0.3) is 0 Å². The highest BCUT2D eigenvalue weighted by Gasteiger charge is 2.33. The Morgan fingerprint density at radius 3 is 2.69 bits per heavy atom. The number of piperidine rings is 1. The van der Waals surface area contributed by atoms with E-state index in [2.05, 4.69) is 30.8 Å². The molecule has 2 radical (unpaired) electrons. The van der Waals surface area contributed by atoms with Crippen LogP contribution in [0, 0.1) is 5.92 Å². The second-order valence-corrected chi connectivity index (χ2v) is 4.88. The first-order valence-electron chi connectivity index (χ1n) is 6.59. The molecule has 0 N–H and O–H groups in total. The third-order valence-corrected chi connectivity index (χ3v) is 3.96. The highest BCUT2D eigenvalue weighted by atomic mass is 15.2. The molecule has 3 atom stereocenters. The molecule has 1 aliphatic rings. The average Bonchev–Trinajstić information content (AvgIpc) is 2.31. The Labute approximate surface area is 102 Å². The van der Waals surface area contributed by atoms with Crippen molar-refractivity contribution in [3.05, 3.63) is 0 Å². The van der Waals surface area contributed by atoms with Crippen LogP contribution in [0.15, 0.2) is 4.99 Å². The van der Waals surface area contributed by atoms with Crippen LogP contribution >= 0.6 is 0 Å². The minimum Gasteiger partial charge on any atom is -0.360 e. The molecule has 0 spiro atoms. The van der Waals surface area contributed by atoms with Crippen LogP contribution in [0.5, 0.6) is 0 Å². The van der Waals surface area contributed by atoms with E-state index < -0.39 is 0 Å². The molecule has 1 heterocycles. The van der Waals surface area contributed by atoms with Crippen LogP contribution in [0.2, 0.25) is 5.82 Å². The summed E-state index contributed by atoms with van der Waals surface area (Å²) in [5, 5.41) is 0. The van der Waals surface area contributed by atoms with Gasteiger partial charge in [-0.05, 0) is 18.8 Å². The topological polar surface area (TPSA) is 15.6 Å². The lowest BCUT2D eigenvalue weighted by atomic mass is 9.67. The molecule has 90 valence electrons. The van der Waals surface area contributed by atoms with E-state index >= 15 is 0 Å². The smallest absolute Gasteiger partial charge is 0.0985 e. The fourth-order valence-corrected chi connectivity index (χ4v) is 2.92. The molecule has 0 amide bonds. The number of aliphatic imine (C=N–C) groups is 1. The molecular formula is C13H25BN2. The summed E-state index contributed by atoms with van der Waals surface area (Å²) in [6.45, 7) is 4.44. The van der Waals surface area contributed by atoms with Gasteiger partial charge >= 0.3 is 0 Å². The molecule has 3 unspecified atom stereocenters. The van der Waals surface area contributed by atoms with Gasteiger partial charge in [-0.15, -0.1) is 0 Å². The van der Waals surface area contributed by atoms with Crippen molar-refractivity contribution < 1.29 is 0 Å². The Hall–Kier alpha value is -0.465. The molecule has 0 bridgehead atoms. The predicted octanol–water partition coefficient (Wildman–Crippen LogP) is 2.89. The standard InChI is InChI=1S/C13H25BN2/c1-5-7-12-10(11(14)6-2)8-9-13(15-3)16(12)4/h10-12H,5-9H2,1-4H3. The van der Waals surface area contributed by atoms with Crippen molar-refractivity contribution in [2.24, 2.45) is 10.9 Å². The zero-order valence-corrected chi connectivity index (χ0v) is 11.2. The fraction of sp³-hybridized carbons (Fsp3) is 0.923. The third kappa shape index (κ3) is 2.80. The molecule has 1 rings (SSSR count). The van der Waals surface area contributed by atoms with Gasteiger partial charge in [0.1, 0.15) is 0 Å². The predicted molar refractivity (Wildman–Crippen MR) is 72.3 cm³/mol. The first kappa shape index (κ1) is 13.6. The summed E-state index contributed by atoms with van der Waals surface area (Å²) in [5.41, 5.74) is 0. The lowest BCUT2D eigenvalue weighted by Crippen LogP contribution is -2.47. The average molecular weight is 220 g/mol. The summed E-state index contributed by atoms with van der Waals surface area (Å²) >= 11 is 0. The zero-order valence-electron chi connectivity index (χ0n) is 11.2. The number of likely N-dealkylation sites (tertiary alicyclic amines) is 1. The van der Waals surface area contributed by atoms with E-state index in [1.54, 1.807) is 0 Å². The number of hydrogen-bond donors (Lipinski definition) is 0. The van der Waals surface area contributed by atoms with E-state index in [-0.39, 0.29) is 0 Å². The highest BCUT2D eigenvalue weighted by molar-refractivity contribution is 6.11. The van der Waals surface area contributed by atoms with Gasteiger partial charge in [-0.25, -0.2) is 0 Å². The summed E-state index contributed by atoms with van der Waals surface area (Å²) < 4.78 is 0. The van der Waals surface area contributed by atoms with Crippen LogP contribution in [0.4, 0.5) is 0 Å². The maximum Gasteiger partial charge on any atom is 0.0985 e. The minimum atomic E-state index is 0.345. The fourth-order valence-electron chi connectivity index (χ4n) is 2.92. The van der Waals surface area contributed by atoms with Gasteiger partial charge in [0.25, 0.3) is 0 Å². The SMILES string of the molecule is [B]C(CC)C1CCC(=NC)N(C)C1CCC. The second-order valence-electron chi connectivity index (χ2n) is 4.88. The number of nitrogens with zero attached hydrogens (tertiary/aromatic N) is 2. The summed E-state index contributed by atoms with van der Waals surface area (Å²) in [6.07, 6.45) is 5.83. The molecule has 16 heavy (non-hydrogen) atoms. The van der Waals surface area contributed by atoms with E-state index in [4.69, 9.17) is 7.85 Å². The highest BCUT2D eigenvalue weighted by Crippen LogP contribution is 2.35. The maximum absolute atomic E-state index is 6.25. The molecule has 0 aromatic carbocycles. The van der Waals surface area contributed by atoms with E-state index in [0.29, 0.717) is 17.8 Å². The Kier molecular flexibility index (Phi) is 5.37. The molecule has 1 fully saturated rings. The maximum atomic E-state index is 6.25. The van der Waals surface area contributed by atoms with Crippen molar-refractivity contribution >= 4 is 13.7 Å². The van der Waals surface area contributed by atoms with E-state index in [1.807, 2.05) is 7.05 Å². The lowest BCUT2D eigenvalue weighted by molar-refractivity contribution is 0.193. The van der Waals surface area contributed by atoms with Gasteiger partial charge in [-0.3, -0.25) is 4.99 Å². The van der Waals surface area contributed by atoms with Crippen molar-refractivity contribution in [3.63, 3.8) is 0 Å². The van der Waals surface area contributed by atoms with Crippen molar-refractivity contribution in [2.75, 3.05) is 14.1 Å². The third-order valence-electron chi connectivity index (χ3n) is 3.96. The lowest BCUT2D eigenvalue weighted by Gasteiger charge is -2.44. The van der Waals surface area contributed by atoms with Crippen molar-refractivity contribution in [1.29, 1.82) is 0 Å². The Morgan fingerprint density at radius 1 is 1.50 bits per heavy atom. The van der Waals surface area contributed by atoms with Crippen molar-refractivity contribution in [3.8, 4) is 0 Å².